The van der Waals surface area contributed by atoms with Crippen molar-refractivity contribution in [3.63, 3.8) is 0 Å². The van der Waals surface area contributed by atoms with E-state index in [2.05, 4.69) is 0 Å². The van der Waals surface area contributed by atoms with Crippen molar-refractivity contribution < 1.29 is 17.9 Å². The average molecular weight is 421 g/mol. The fourth-order valence-corrected chi connectivity index (χ4v) is 5.05. The van der Waals surface area contributed by atoms with Gasteiger partial charge in [0.05, 0.1) is 29.3 Å². The molecule has 0 bridgehead atoms. The molecule has 0 amide bonds. The van der Waals surface area contributed by atoms with Crippen LogP contribution < -0.4 is 9.04 Å². The normalized spacial score (nSPS) is 18.2. The van der Waals surface area contributed by atoms with Crippen molar-refractivity contribution in [3.05, 3.63) is 64.8 Å². The second-order valence-electron chi connectivity index (χ2n) is 6.66. The van der Waals surface area contributed by atoms with Gasteiger partial charge < -0.3 is 9.64 Å². The number of nitrogens with zero attached hydrogens (tertiary/aromatic N) is 2. The van der Waals surface area contributed by atoms with Crippen molar-refractivity contribution in [2.24, 2.45) is 0 Å². The van der Waals surface area contributed by atoms with E-state index >= 15 is 0 Å². The predicted molar refractivity (Wildman–Crippen MR) is 110 cm³/mol. The van der Waals surface area contributed by atoms with Crippen LogP contribution in [0.4, 0.5) is 5.69 Å². The van der Waals surface area contributed by atoms with Gasteiger partial charge in [-0.25, -0.2) is 8.42 Å². The van der Waals surface area contributed by atoms with E-state index in [1.54, 1.807) is 50.3 Å². The minimum Gasteiger partial charge on any atom is -0.496 e. The van der Waals surface area contributed by atoms with Gasteiger partial charge in [0.1, 0.15) is 5.75 Å². The highest BCUT2D eigenvalue weighted by Gasteiger charge is 2.41. The zero-order chi connectivity index (χ0) is 20.6. The number of hydrogen-bond donors (Lipinski definition) is 0. The molecular formula is C20H21ClN2O4S. The summed E-state index contributed by atoms with van der Waals surface area (Å²) in [6.45, 7) is 1.70. The monoisotopic (exact) mass is 420 g/mol. The van der Waals surface area contributed by atoms with Crippen molar-refractivity contribution in [1.82, 2.24) is 4.90 Å². The molecule has 1 unspecified atom stereocenters. The van der Waals surface area contributed by atoms with Crippen LogP contribution in [0.25, 0.3) is 0 Å². The Labute approximate surface area is 170 Å². The van der Waals surface area contributed by atoms with E-state index in [0.29, 0.717) is 22.0 Å². The van der Waals surface area contributed by atoms with Gasteiger partial charge in [-0.3, -0.25) is 9.10 Å². The van der Waals surface area contributed by atoms with Gasteiger partial charge in [-0.2, -0.15) is 0 Å². The smallest absolute Gasteiger partial charge is 0.264 e. The van der Waals surface area contributed by atoms with Crippen LogP contribution in [0.3, 0.4) is 0 Å². The number of fused-ring (bicyclic) bond motifs is 1. The van der Waals surface area contributed by atoms with Gasteiger partial charge in [-0.15, -0.1) is 0 Å². The summed E-state index contributed by atoms with van der Waals surface area (Å²) in [6.07, 6.45) is 1.65. The van der Waals surface area contributed by atoms with Gasteiger partial charge in [0.2, 0.25) is 0 Å². The first-order valence-corrected chi connectivity index (χ1v) is 10.4. The Kier molecular flexibility index (Phi) is 5.41. The second kappa shape index (κ2) is 7.48. The first-order valence-electron chi connectivity index (χ1n) is 8.58. The molecule has 0 N–H and O–H groups in total. The number of carbonyl (C=O) groups excluding carboxylic acids is 1. The number of hydrogen-bond acceptors (Lipinski definition) is 5. The first-order chi connectivity index (χ1) is 13.2. The van der Waals surface area contributed by atoms with Crippen LogP contribution in [0.5, 0.6) is 5.75 Å². The molecule has 0 aliphatic carbocycles. The van der Waals surface area contributed by atoms with Gasteiger partial charge in [0.25, 0.3) is 10.0 Å². The maximum Gasteiger partial charge on any atom is 0.264 e. The summed E-state index contributed by atoms with van der Waals surface area (Å²) in [7, 11) is 1.06. The zero-order valence-electron chi connectivity index (χ0n) is 16.0. The van der Waals surface area contributed by atoms with Crippen molar-refractivity contribution in [2.45, 2.75) is 17.9 Å². The molecule has 0 radical (unpaired) electrons. The Hall–Kier alpha value is -2.51. The number of carbonyl (C=O) groups is 1. The van der Waals surface area contributed by atoms with E-state index in [-0.39, 0.29) is 16.2 Å². The van der Waals surface area contributed by atoms with Crippen molar-refractivity contribution >= 4 is 33.1 Å². The van der Waals surface area contributed by atoms with Gasteiger partial charge in [0, 0.05) is 30.9 Å². The summed E-state index contributed by atoms with van der Waals surface area (Å²) < 4.78 is 33.6. The number of sulfonamides is 1. The lowest BCUT2D eigenvalue weighted by molar-refractivity contribution is 0.102. The molecular weight excluding hydrogens is 400 g/mol. The van der Waals surface area contributed by atoms with Crippen molar-refractivity contribution in [3.8, 4) is 5.75 Å². The van der Waals surface area contributed by atoms with E-state index < -0.39 is 16.1 Å². The summed E-state index contributed by atoms with van der Waals surface area (Å²) >= 11 is 5.91. The second-order valence-corrected chi connectivity index (χ2v) is 8.91. The summed E-state index contributed by atoms with van der Waals surface area (Å²) in [5.41, 5.74) is 0.885. The molecule has 1 heterocycles. The van der Waals surface area contributed by atoms with Crippen LogP contribution in [-0.2, 0) is 10.0 Å². The topological polar surface area (TPSA) is 66.9 Å². The van der Waals surface area contributed by atoms with Gasteiger partial charge in [-0.05, 0) is 43.3 Å². The number of Topliss-reactive ketones (excluding diaryl/α,β-unsaturated/α-hetero) is 1. The highest BCUT2D eigenvalue weighted by molar-refractivity contribution is 7.92. The maximum absolute atomic E-state index is 13.5. The molecule has 0 saturated heterocycles. The molecule has 0 spiro atoms. The molecule has 3 rings (SSSR count). The molecule has 2 aromatic carbocycles. The standard InChI is InChI=1S/C20H21ClN2O4S/c1-13-16(12-22(2)3)20(24)19-17(6-5-7-18(19)27-4)23(13)28(25,26)15-10-8-14(21)9-11-15/h5-13H,1-4H3/b16-12-. The Bertz CT molecular complexity index is 1050. The third kappa shape index (κ3) is 3.36. The molecule has 8 heteroatoms. The van der Waals surface area contributed by atoms with Crippen molar-refractivity contribution in [1.29, 1.82) is 0 Å². The quantitative estimate of drug-likeness (QED) is 0.707. The zero-order valence-corrected chi connectivity index (χ0v) is 17.6. The fraction of sp³-hybridized carbons (Fsp3) is 0.250. The fourth-order valence-electron chi connectivity index (χ4n) is 3.27. The number of halogens is 1. The molecule has 0 fully saturated rings. The summed E-state index contributed by atoms with van der Waals surface area (Å²) in [6, 6.07) is 10.2. The molecule has 2 aromatic rings. The average Bonchev–Trinajstić information content (AvgIpc) is 2.64. The van der Waals surface area contributed by atoms with Crippen LogP contribution >= 0.6 is 11.6 Å². The Morgan fingerprint density at radius 3 is 2.36 bits per heavy atom. The molecule has 6 nitrogen and oxygen atoms in total. The summed E-state index contributed by atoms with van der Waals surface area (Å²) in [4.78, 5) is 15.0. The molecule has 148 valence electrons. The molecule has 1 aliphatic rings. The number of methoxy groups -OCH3 is 1. The third-order valence-electron chi connectivity index (χ3n) is 4.52. The molecule has 0 saturated carbocycles. The molecule has 0 aromatic heterocycles. The largest absolute Gasteiger partial charge is 0.496 e. The molecule has 28 heavy (non-hydrogen) atoms. The third-order valence-corrected chi connectivity index (χ3v) is 6.67. The van der Waals surface area contributed by atoms with E-state index in [1.807, 2.05) is 0 Å². The number of ether oxygens (including phenoxy) is 1. The Morgan fingerprint density at radius 1 is 1.14 bits per heavy atom. The SMILES string of the molecule is COc1cccc2c1C(=O)/C(=C\N(C)C)C(C)N2S(=O)(=O)c1ccc(Cl)cc1. The highest BCUT2D eigenvalue weighted by atomic mass is 35.5. The lowest BCUT2D eigenvalue weighted by atomic mass is 9.92. The van der Waals surface area contributed by atoms with Crippen molar-refractivity contribution in [2.75, 3.05) is 25.5 Å². The van der Waals surface area contributed by atoms with E-state index in [1.165, 1.54) is 35.7 Å². The van der Waals surface area contributed by atoms with Crippen LogP contribution in [0.1, 0.15) is 17.3 Å². The number of anilines is 1. The lowest BCUT2D eigenvalue weighted by Crippen LogP contribution is -2.46. The molecule has 1 aliphatic heterocycles. The van der Waals surface area contributed by atoms with Gasteiger partial charge in [-0.1, -0.05) is 17.7 Å². The minimum atomic E-state index is -3.95. The first kappa shape index (κ1) is 20.2. The van der Waals surface area contributed by atoms with E-state index in [0.717, 1.165) is 0 Å². The number of ketones is 1. The van der Waals surface area contributed by atoms with Gasteiger partial charge >= 0.3 is 0 Å². The van der Waals surface area contributed by atoms with Crippen LogP contribution in [0.2, 0.25) is 5.02 Å². The van der Waals surface area contributed by atoms with E-state index in [4.69, 9.17) is 16.3 Å². The number of rotatable bonds is 4. The summed E-state index contributed by atoms with van der Waals surface area (Å²) in [5, 5.41) is 0.441. The van der Waals surface area contributed by atoms with E-state index in [9.17, 15) is 13.2 Å². The Balaban J connectivity index is 2.29. The van der Waals surface area contributed by atoms with Gasteiger partial charge in [0.15, 0.2) is 5.78 Å². The van der Waals surface area contributed by atoms with Crippen LogP contribution in [-0.4, -0.2) is 46.3 Å². The minimum absolute atomic E-state index is 0.0936. The number of benzene rings is 2. The maximum atomic E-state index is 13.5. The Morgan fingerprint density at radius 2 is 1.79 bits per heavy atom. The molecule has 1 atom stereocenters. The summed E-state index contributed by atoms with van der Waals surface area (Å²) in [5.74, 6) is 0.0755. The predicted octanol–water partition coefficient (Wildman–Crippen LogP) is 3.57. The van der Waals surface area contributed by atoms with Crippen LogP contribution in [0.15, 0.2) is 59.1 Å². The highest BCUT2D eigenvalue weighted by Crippen LogP contribution is 2.41. The van der Waals surface area contributed by atoms with Crippen LogP contribution in [0, 0.1) is 0 Å². The lowest BCUT2D eigenvalue weighted by Gasteiger charge is -2.37.